The number of aryl methyl sites for hydroxylation is 2. The predicted molar refractivity (Wildman–Crippen MR) is 70.1 cm³/mol. The van der Waals surface area contributed by atoms with Gasteiger partial charge in [-0.2, -0.15) is 5.10 Å². The SMILES string of the molecule is Cc1cc(-c2cc3[nH]c(C(=O)O)cc3s2)n(C)n1. The Bertz CT molecular complexity index is 719. The van der Waals surface area contributed by atoms with Crippen molar-refractivity contribution < 1.29 is 9.90 Å². The molecule has 0 atom stereocenters. The first-order chi connectivity index (χ1) is 8.54. The second kappa shape index (κ2) is 3.71. The van der Waals surface area contributed by atoms with Gasteiger partial charge in [0.05, 0.1) is 26.5 Å². The maximum atomic E-state index is 10.8. The van der Waals surface area contributed by atoms with Crippen LogP contribution in [-0.4, -0.2) is 25.8 Å². The van der Waals surface area contributed by atoms with Crippen molar-refractivity contribution in [2.24, 2.45) is 7.05 Å². The lowest BCUT2D eigenvalue weighted by Crippen LogP contribution is -1.95. The second-order valence-corrected chi connectivity index (χ2v) is 5.26. The lowest BCUT2D eigenvalue weighted by atomic mass is 10.3. The minimum Gasteiger partial charge on any atom is -0.477 e. The topological polar surface area (TPSA) is 70.9 Å². The number of carbonyl (C=O) groups is 1. The molecule has 2 N–H and O–H groups in total. The van der Waals surface area contributed by atoms with Gasteiger partial charge in [0.1, 0.15) is 5.69 Å². The van der Waals surface area contributed by atoms with E-state index in [1.807, 2.05) is 30.8 Å². The van der Waals surface area contributed by atoms with Crippen LogP contribution < -0.4 is 0 Å². The molecular formula is C12H11N3O2S. The molecule has 6 heteroatoms. The molecule has 3 aromatic heterocycles. The molecule has 0 saturated heterocycles. The van der Waals surface area contributed by atoms with Crippen LogP contribution in [0.3, 0.4) is 0 Å². The smallest absolute Gasteiger partial charge is 0.352 e. The second-order valence-electron chi connectivity index (χ2n) is 4.17. The van der Waals surface area contributed by atoms with Crippen LogP contribution in [0, 0.1) is 6.92 Å². The molecule has 0 radical (unpaired) electrons. The molecule has 5 nitrogen and oxygen atoms in total. The number of hydrogen-bond acceptors (Lipinski definition) is 3. The fourth-order valence-corrected chi connectivity index (χ4v) is 3.11. The number of nitrogens with zero attached hydrogens (tertiary/aromatic N) is 2. The third kappa shape index (κ3) is 1.62. The zero-order valence-corrected chi connectivity index (χ0v) is 10.7. The Balaban J connectivity index is 2.12. The molecule has 92 valence electrons. The Morgan fingerprint density at radius 2 is 2.22 bits per heavy atom. The van der Waals surface area contributed by atoms with E-state index in [2.05, 4.69) is 10.1 Å². The number of carboxylic acids is 1. The van der Waals surface area contributed by atoms with Crippen LogP contribution in [-0.2, 0) is 7.05 Å². The van der Waals surface area contributed by atoms with Crippen molar-refractivity contribution in [2.45, 2.75) is 6.92 Å². The highest BCUT2D eigenvalue weighted by atomic mass is 32.1. The molecule has 0 aliphatic carbocycles. The Labute approximate surface area is 107 Å². The van der Waals surface area contributed by atoms with E-state index in [0.29, 0.717) is 0 Å². The summed E-state index contributed by atoms with van der Waals surface area (Å²) >= 11 is 1.56. The van der Waals surface area contributed by atoms with Gasteiger partial charge in [-0.1, -0.05) is 0 Å². The molecular weight excluding hydrogens is 250 g/mol. The molecule has 0 unspecified atom stereocenters. The highest BCUT2D eigenvalue weighted by molar-refractivity contribution is 7.22. The van der Waals surface area contributed by atoms with E-state index in [9.17, 15) is 4.79 Å². The number of carboxylic acid groups (broad SMARTS) is 1. The minimum absolute atomic E-state index is 0.226. The summed E-state index contributed by atoms with van der Waals surface area (Å²) in [6.45, 7) is 1.95. The first kappa shape index (κ1) is 11.0. The summed E-state index contributed by atoms with van der Waals surface area (Å²) in [6.07, 6.45) is 0. The molecule has 0 amide bonds. The van der Waals surface area contributed by atoms with E-state index in [1.165, 1.54) is 0 Å². The average molecular weight is 261 g/mol. The number of rotatable bonds is 2. The number of hydrogen-bond donors (Lipinski definition) is 2. The first-order valence-corrected chi connectivity index (χ1v) is 6.23. The summed E-state index contributed by atoms with van der Waals surface area (Å²) in [7, 11) is 1.90. The van der Waals surface area contributed by atoms with Crippen LogP contribution in [0.4, 0.5) is 0 Å². The molecule has 3 rings (SSSR count). The molecule has 18 heavy (non-hydrogen) atoms. The van der Waals surface area contributed by atoms with Crippen LogP contribution >= 0.6 is 11.3 Å². The van der Waals surface area contributed by atoms with E-state index in [4.69, 9.17) is 5.11 Å². The Hall–Kier alpha value is -2.08. The van der Waals surface area contributed by atoms with Gasteiger partial charge in [0.25, 0.3) is 0 Å². The highest BCUT2D eigenvalue weighted by Crippen LogP contribution is 2.33. The summed E-state index contributed by atoms with van der Waals surface area (Å²) < 4.78 is 2.78. The normalized spacial score (nSPS) is 11.2. The van der Waals surface area contributed by atoms with Crippen molar-refractivity contribution in [1.29, 1.82) is 0 Å². The lowest BCUT2D eigenvalue weighted by molar-refractivity contribution is 0.0691. The minimum atomic E-state index is -0.934. The molecule has 0 bridgehead atoms. The lowest BCUT2D eigenvalue weighted by Gasteiger charge is -1.96. The maximum Gasteiger partial charge on any atom is 0.352 e. The molecule has 0 fully saturated rings. The highest BCUT2D eigenvalue weighted by Gasteiger charge is 2.13. The number of thiophene rings is 1. The molecule has 3 heterocycles. The number of aromatic amines is 1. The number of aromatic nitrogens is 3. The van der Waals surface area contributed by atoms with Crippen LogP contribution in [0.1, 0.15) is 16.2 Å². The number of nitrogens with one attached hydrogen (secondary N) is 1. The third-order valence-electron chi connectivity index (χ3n) is 2.79. The summed E-state index contributed by atoms with van der Waals surface area (Å²) in [5.74, 6) is -0.934. The number of H-pyrrole nitrogens is 1. The third-order valence-corrected chi connectivity index (χ3v) is 3.89. The van der Waals surface area contributed by atoms with Gasteiger partial charge < -0.3 is 10.1 Å². The molecule has 3 aromatic rings. The standard InChI is InChI=1S/C12H11N3O2S/c1-6-3-9(15(2)14-6)11-4-7-10(18-11)5-8(13-7)12(16)17/h3-5,13H,1-2H3,(H,16,17). The van der Waals surface area contributed by atoms with Gasteiger partial charge in [0, 0.05) is 7.05 Å². The van der Waals surface area contributed by atoms with Crippen molar-refractivity contribution in [3.05, 3.63) is 29.6 Å². The Kier molecular flexibility index (Phi) is 2.27. The van der Waals surface area contributed by atoms with Gasteiger partial charge in [-0.25, -0.2) is 4.79 Å². The van der Waals surface area contributed by atoms with Crippen LogP contribution in [0.2, 0.25) is 0 Å². The summed E-state index contributed by atoms with van der Waals surface area (Å²) in [5.41, 5.74) is 3.09. The summed E-state index contributed by atoms with van der Waals surface area (Å²) in [6, 6.07) is 5.64. The number of fused-ring (bicyclic) bond motifs is 1. The zero-order chi connectivity index (χ0) is 12.9. The van der Waals surface area contributed by atoms with E-state index in [0.717, 1.165) is 26.5 Å². The monoisotopic (exact) mass is 261 g/mol. The van der Waals surface area contributed by atoms with Gasteiger partial charge >= 0.3 is 5.97 Å². The maximum absolute atomic E-state index is 10.8. The zero-order valence-electron chi connectivity index (χ0n) is 9.89. The molecule has 0 saturated carbocycles. The van der Waals surface area contributed by atoms with Gasteiger partial charge in [0.2, 0.25) is 0 Å². The number of aromatic carboxylic acids is 1. The molecule has 0 aromatic carbocycles. The van der Waals surface area contributed by atoms with Gasteiger partial charge in [0.15, 0.2) is 0 Å². The van der Waals surface area contributed by atoms with Gasteiger partial charge in [-0.15, -0.1) is 11.3 Å². The summed E-state index contributed by atoms with van der Waals surface area (Å²) in [4.78, 5) is 14.8. The Morgan fingerprint density at radius 1 is 1.44 bits per heavy atom. The van der Waals surface area contributed by atoms with E-state index in [1.54, 1.807) is 17.4 Å². The molecule has 0 aliphatic rings. The molecule has 0 aliphatic heterocycles. The van der Waals surface area contributed by atoms with Crippen molar-refractivity contribution in [1.82, 2.24) is 14.8 Å². The first-order valence-electron chi connectivity index (χ1n) is 5.41. The van der Waals surface area contributed by atoms with Crippen LogP contribution in [0.15, 0.2) is 18.2 Å². The van der Waals surface area contributed by atoms with E-state index >= 15 is 0 Å². The predicted octanol–water partition coefficient (Wildman–Crippen LogP) is 2.64. The van der Waals surface area contributed by atoms with Crippen molar-refractivity contribution >= 4 is 27.5 Å². The van der Waals surface area contributed by atoms with E-state index in [-0.39, 0.29) is 5.69 Å². The van der Waals surface area contributed by atoms with Gasteiger partial charge in [-0.05, 0) is 25.1 Å². The largest absolute Gasteiger partial charge is 0.477 e. The van der Waals surface area contributed by atoms with Crippen molar-refractivity contribution in [2.75, 3.05) is 0 Å². The fraction of sp³-hybridized carbons (Fsp3) is 0.167. The summed E-state index contributed by atoms with van der Waals surface area (Å²) in [5, 5.41) is 13.2. The van der Waals surface area contributed by atoms with Gasteiger partial charge in [-0.3, -0.25) is 4.68 Å². The molecule has 0 spiro atoms. The van der Waals surface area contributed by atoms with Crippen molar-refractivity contribution in [3.63, 3.8) is 0 Å². The quantitative estimate of drug-likeness (QED) is 0.745. The average Bonchev–Trinajstić information content (AvgIpc) is 2.89. The van der Waals surface area contributed by atoms with E-state index < -0.39 is 5.97 Å². The fourth-order valence-electron chi connectivity index (χ4n) is 2.00. The Morgan fingerprint density at radius 3 is 2.78 bits per heavy atom. The van der Waals surface area contributed by atoms with Crippen molar-refractivity contribution in [3.8, 4) is 10.6 Å². The van der Waals surface area contributed by atoms with Crippen LogP contribution in [0.5, 0.6) is 0 Å². The van der Waals surface area contributed by atoms with Crippen LogP contribution in [0.25, 0.3) is 20.8 Å².